The summed E-state index contributed by atoms with van der Waals surface area (Å²) < 4.78 is 19.3. The first-order chi connectivity index (χ1) is 22.2. The highest BCUT2D eigenvalue weighted by molar-refractivity contribution is 5.86. The zero-order valence-electron chi connectivity index (χ0n) is 27.2. The quantitative estimate of drug-likeness (QED) is 0.213. The number of amides is 2. The molecule has 0 saturated carbocycles. The average molecular weight is 627 g/mol. The Bertz CT molecular complexity index is 1810. The Morgan fingerprint density at radius 2 is 1.74 bits per heavy atom. The van der Waals surface area contributed by atoms with Crippen molar-refractivity contribution >= 4 is 28.4 Å². The molecule has 0 bridgehead atoms. The maximum Gasteiger partial charge on any atom is 0.242 e. The fourth-order valence-corrected chi connectivity index (χ4v) is 6.27. The summed E-state index contributed by atoms with van der Waals surface area (Å²) in [5, 5.41) is 10.4. The van der Waals surface area contributed by atoms with E-state index in [1.807, 2.05) is 44.3 Å². The molecule has 2 atom stereocenters. The largest absolute Gasteiger partial charge is 0.493 e. The minimum atomic E-state index is -0.659. The molecule has 10 heteroatoms. The second-order valence-corrected chi connectivity index (χ2v) is 11.8. The average Bonchev–Trinajstić information content (AvgIpc) is 3.30. The zero-order valence-corrected chi connectivity index (χ0v) is 27.2. The van der Waals surface area contributed by atoms with E-state index in [1.54, 1.807) is 33.5 Å². The van der Waals surface area contributed by atoms with Crippen LogP contribution in [0.25, 0.3) is 22.0 Å². The lowest BCUT2D eigenvalue weighted by Gasteiger charge is -2.22. The van der Waals surface area contributed by atoms with Gasteiger partial charge in [0.25, 0.3) is 0 Å². The van der Waals surface area contributed by atoms with Crippen LogP contribution in [0.5, 0.6) is 17.2 Å². The Morgan fingerprint density at radius 3 is 2.43 bits per heavy atom. The summed E-state index contributed by atoms with van der Waals surface area (Å²) in [5.74, 6) is 0.930. The molecule has 1 aromatic heterocycles. The molecule has 46 heavy (non-hydrogen) atoms. The van der Waals surface area contributed by atoms with Gasteiger partial charge in [0, 0.05) is 37.3 Å². The van der Waals surface area contributed by atoms with Crippen LogP contribution in [0.3, 0.4) is 0 Å². The van der Waals surface area contributed by atoms with Gasteiger partial charge in [-0.1, -0.05) is 38.1 Å². The molecular formula is C36H42N4O6. The number of fused-ring (bicyclic) bond motifs is 4. The number of aryl methyl sites for hydroxylation is 1. The lowest BCUT2D eigenvalue weighted by molar-refractivity contribution is -0.122. The topological polar surface area (TPSA) is 120 Å². The highest BCUT2D eigenvalue weighted by Gasteiger charge is 2.30. The predicted molar refractivity (Wildman–Crippen MR) is 180 cm³/mol. The molecule has 242 valence electrons. The monoisotopic (exact) mass is 626 g/mol. The minimum absolute atomic E-state index is 0.111. The van der Waals surface area contributed by atoms with Gasteiger partial charge in [0.1, 0.15) is 6.04 Å². The van der Waals surface area contributed by atoms with Gasteiger partial charge in [-0.15, -0.1) is 0 Å². The molecule has 1 heterocycles. The standard InChI is InChI=1S/C36H42N4O6/c1-21(2)33(36(43)37-16-18-40-17-15-23-9-7-8-10-29(23)40)39-28-14-12-25-26(20-30(28)42)27(38-22(3)41)13-11-24-19-31(44-4)34(45-5)35(46-6)32(24)25/h7-10,12,14-15,17,19-21,27,33H,11,13,16,18H2,1-6H3,(H,37,43)(H,38,41)(H,39,42)/t27-,33-/m1/s1. The van der Waals surface area contributed by atoms with Gasteiger partial charge in [0.15, 0.2) is 11.5 Å². The number of hydrogen-bond acceptors (Lipinski definition) is 7. The Hall–Kier alpha value is -4.99. The number of nitrogens with zero attached hydrogens (tertiary/aromatic N) is 1. The molecule has 0 aliphatic heterocycles. The summed E-state index contributed by atoms with van der Waals surface area (Å²) in [7, 11) is 4.68. The van der Waals surface area contributed by atoms with E-state index in [-0.39, 0.29) is 28.8 Å². The normalized spacial score (nSPS) is 14.5. The highest BCUT2D eigenvalue weighted by atomic mass is 16.5. The molecule has 10 nitrogen and oxygen atoms in total. The first kappa shape index (κ1) is 32.4. The van der Waals surface area contributed by atoms with Crippen molar-refractivity contribution in [3.8, 4) is 28.4 Å². The fourth-order valence-electron chi connectivity index (χ4n) is 6.27. The molecular weight excluding hydrogens is 584 g/mol. The fraction of sp³-hybridized carbons (Fsp3) is 0.361. The number of carbonyl (C=O) groups is 2. The van der Waals surface area contributed by atoms with Crippen molar-refractivity contribution in [1.29, 1.82) is 0 Å². The Morgan fingerprint density at radius 1 is 0.978 bits per heavy atom. The number of carbonyl (C=O) groups excluding carboxylic acids is 2. The summed E-state index contributed by atoms with van der Waals surface area (Å²) in [5.41, 5.74) is 4.17. The first-order valence-corrected chi connectivity index (χ1v) is 15.5. The van der Waals surface area contributed by atoms with Gasteiger partial charge in [0.05, 0.1) is 33.1 Å². The molecule has 0 saturated heterocycles. The van der Waals surface area contributed by atoms with E-state index in [1.165, 1.54) is 6.92 Å². The number of nitrogens with one attached hydrogen (secondary N) is 3. The molecule has 3 aromatic carbocycles. The lowest BCUT2D eigenvalue weighted by atomic mass is 9.95. The number of methoxy groups -OCH3 is 3. The Kier molecular flexibility index (Phi) is 9.84. The van der Waals surface area contributed by atoms with E-state index >= 15 is 0 Å². The van der Waals surface area contributed by atoms with E-state index < -0.39 is 12.1 Å². The molecule has 0 radical (unpaired) electrons. The summed E-state index contributed by atoms with van der Waals surface area (Å²) in [6.07, 6.45) is 3.17. The maximum absolute atomic E-state index is 13.8. The van der Waals surface area contributed by atoms with Gasteiger partial charge < -0.3 is 34.7 Å². The highest BCUT2D eigenvalue weighted by Crippen LogP contribution is 2.50. The molecule has 0 fully saturated rings. The minimum Gasteiger partial charge on any atom is -0.493 e. The second-order valence-electron chi connectivity index (χ2n) is 11.8. The Balaban J connectivity index is 1.49. The van der Waals surface area contributed by atoms with Crippen LogP contribution in [0.1, 0.15) is 44.4 Å². The summed E-state index contributed by atoms with van der Waals surface area (Å²) >= 11 is 0. The number of para-hydroxylation sites is 1. The van der Waals surface area contributed by atoms with Crippen LogP contribution >= 0.6 is 0 Å². The van der Waals surface area contributed by atoms with E-state index in [0.717, 1.165) is 27.6 Å². The third-order valence-corrected chi connectivity index (χ3v) is 8.51. The molecule has 5 rings (SSSR count). The van der Waals surface area contributed by atoms with Crippen LogP contribution in [-0.4, -0.2) is 50.3 Å². The van der Waals surface area contributed by atoms with Crippen molar-refractivity contribution in [2.45, 2.75) is 52.2 Å². The predicted octanol–water partition coefficient (Wildman–Crippen LogP) is 5.07. The number of benzene rings is 2. The number of aromatic nitrogens is 1. The molecule has 0 spiro atoms. The smallest absolute Gasteiger partial charge is 0.242 e. The van der Waals surface area contributed by atoms with Crippen molar-refractivity contribution in [1.82, 2.24) is 15.2 Å². The summed E-state index contributed by atoms with van der Waals surface area (Å²) in [4.78, 5) is 39.5. The van der Waals surface area contributed by atoms with Gasteiger partial charge in [-0.2, -0.15) is 0 Å². The lowest BCUT2D eigenvalue weighted by Crippen LogP contribution is -2.44. The molecule has 3 N–H and O–H groups in total. The van der Waals surface area contributed by atoms with Gasteiger partial charge in [-0.25, -0.2) is 0 Å². The summed E-state index contributed by atoms with van der Waals surface area (Å²) in [6.45, 7) is 6.39. The molecule has 1 aliphatic carbocycles. The van der Waals surface area contributed by atoms with Crippen molar-refractivity contribution in [3.63, 3.8) is 0 Å². The zero-order chi connectivity index (χ0) is 33.0. The van der Waals surface area contributed by atoms with Gasteiger partial charge in [0.2, 0.25) is 23.0 Å². The van der Waals surface area contributed by atoms with E-state index in [4.69, 9.17) is 14.2 Å². The van der Waals surface area contributed by atoms with Crippen LogP contribution in [0, 0.1) is 5.92 Å². The number of rotatable bonds is 11. The van der Waals surface area contributed by atoms with Crippen LogP contribution in [-0.2, 0) is 22.6 Å². The van der Waals surface area contributed by atoms with Crippen molar-refractivity contribution in [2.75, 3.05) is 33.2 Å². The third kappa shape index (κ3) is 6.51. The third-order valence-electron chi connectivity index (χ3n) is 8.51. The van der Waals surface area contributed by atoms with E-state index in [9.17, 15) is 14.4 Å². The van der Waals surface area contributed by atoms with Crippen molar-refractivity contribution in [3.05, 3.63) is 82.1 Å². The second kappa shape index (κ2) is 14.0. The van der Waals surface area contributed by atoms with Crippen LogP contribution < -0.4 is 35.6 Å². The van der Waals surface area contributed by atoms with Gasteiger partial charge >= 0.3 is 0 Å². The van der Waals surface area contributed by atoms with Crippen molar-refractivity contribution in [2.24, 2.45) is 5.92 Å². The maximum atomic E-state index is 13.8. The van der Waals surface area contributed by atoms with Gasteiger partial charge in [-0.3, -0.25) is 14.4 Å². The number of ether oxygens (including phenoxy) is 3. The number of anilines is 1. The Labute approximate surface area is 269 Å². The molecule has 4 aromatic rings. The van der Waals surface area contributed by atoms with Gasteiger partial charge in [-0.05, 0) is 71.2 Å². The van der Waals surface area contributed by atoms with Crippen LogP contribution in [0.15, 0.2) is 65.6 Å². The van der Waals surface area contributed by atoms with E-state index in [2.05, 4.69) is 38.7 Å². The van der Waals surface area contributed by atoms with Crippen LogP contribution in [0.4, 0.5) is 5.69 Å². The molecule has 0 unspecified atom stereocenters. The molecule has 2 amide bonds. The van der Waals surface area contributed by atoms with Crippen LogP contribution in [0.2, 0.25) is 0 Å². The first-order valence-electron chi connectivity index (χ1n) is 15.5. The summed E-state index contributed by atoms with van der Waals surface area (Å²) in [6, 6.07) is 16.1. The van der Waals surface area contributed by atoms with Crippen molar-refractivity contribution < 1.29 is 23.8 Å². The number of hydrogen-bond donors (Lipinski definition) is 3. The molecule has 1 aliphatic rings. The SMILES string of the molecule is COc1cc2c(c(OC)c1OC)-c1ccc(N[C@@H](C(=O)NCCn3ccc4ccccc43)C(C)C)c(=O)cc1[C@H](NC(C)=O)CC2. The van der Waals surface area contributed by atoms with E-state index in [0.29, 0.717) is 48.7 Å².